The average molecular weight is 367 g/mol. The monoisotopic (exact) mass is 367 g/mol. The zero-order chi connectivity index (χ0) is 18.3. The molecule has 0 atom stereocenters. The molecule has 0 bridgehead atoms. The van der Waals surface area contributed by atoms with E-state index >= 15 is 0 Å². The lowest BCUT2D eigenvalue weighted by Gasteiger charge is -2.04. The molecule has 0 saturated carbocycles. The minimum Gasteiger partial charge on any atom is -0.267 e. The Labute approximate surface area is 153 Å². The second-order valence-electron chi connectivity index (χ2n) is 6.35. The van der Waals surface area contributed by atoms with Crippen LogP contribution in [0.15, 0.2) is 35.1 Å². The van der Waals surface area contributed by atoms with Crippen LogP contribution in [0.25, 0.3) is 16.3 Å². The van der Waals surface area contributed by atoms with E-state index in [4.69, 9.17) is 0 Å². The van der Waals surface area contributed by atoms with Crippen molar-refractivity contribution >= 4 is 16.3 Å². The average Bonchev–Trinajstić information content (AvgIpc) is 3.22. The van der Waals surface area contributed by atoms with Crippen LogP contribution in [0.5, 0.6) is 0 Å². The molecule has 0 radical (unpaired) electrons. The Kier molecular flexibility index (Phi) is 4.08. The first kappa shape index (κ1) is 16.5. The number of benzene rings is 1. The molecule has 132 valence electrons. The molecule has 8 nitrogen and oxygen atoms in total. The maximum atomic E-state index is 11.9. The van der Waals surface area contributed by atoms with Crippen molar-refractivity contribution in [3.63, 3.8) is 0 Å². The predicted molar refractivity (Wildman–Crippen MR) is 98.3 cm³/mol. The second kappa shape index (κ2) is 6.41. The number of aromatic nitrogens is 7. The van der Waals surface area contributed by atoms with Crippen LogP contribution in [0, 0.1) is 6.92 Å². The van der Waals surface area contributed by atoms with Crippen LogP contribution in [0.2, 0.25) is 0 Å². The predicted octanol–water partition coefficient (Wildman–Crippen LogP) is 2.28. The van der Waals surface area contributed by atoms with Crippen LogP contribution in [0.4, 0.5) is 0 Å². The van der Waals surface area contributed by atoms with Crippen LogP contribution >= 0.6 is 11.3 Å². The molecule has 0 saturated heterocycles. The molecule has 4 rings (SSSR count). The molecule has 0 amide bonds. The van der Waals surface area contributed by atoms with Gasteiger partial charge in [-0.2, -0.15) is 14.4 Å². The number of tetrazole rings is 1. The number of rotatable bonds is 4. The number of hydrogen-bond donors (Lipinski definition) is 0. The fourth-order valence-corrected chi connectivity index (χ4v) is 3.51. The first-order valence-electron chi connectivity index (χ1n) is 8.24. The number of fused-ring (bicyclic) bond motifs is 1. The van der Waals surface area contributed by atoms with Crippen LogP contribution < -0.4 is 5.56 Å². The zero-order valence-electron chi connectivity index (χ0n) is 14.6. The molecular formula is C17H17N7OS. The Morgan fingerprint density at radius 3 is 2.65 bits per heavy atom. The molecule has 0 spiro atoms. The molecule has 4 aromatic rings. The molecule has 0 aliphatic rings. The zero-order valence-corrected chi connectivity index (χ0v) is 15.4. The van der Waals surface area contributed by atoms with Crippen molar-refractivity contribution in [2.45, 2.75) is 33.2 Å². The van der Waals surface area contributed by atoms with Crippen molar-refractivity contribution < 1.29 is 0 Å². The smallest absolute Gasteiger partial charge is 0.267 e. The summed E-state index contributed by atoms with van der Waals surface area (Å²) in [4.78, 5) is 18.3. The highest BCUT2D eigenvalue weighted by Crippen LogP contribution is 2.19. The van der Waals surface area contributed by atoms with E-state index < -0.39 is 0 Å². The third kappa shape index (κ3) is 3.13. The Bertz CT molecular complexity index is 1120. The Morgan fingerprint density at radius 1 is 1.15 bits per heavy atom. The van der Waals surface area contributed by atoms with E-state index in [2.05, 4.69) is 51.5 Å². The molecule has 9 heteroatoms. The topological polar surface area (TPSA) is 90.9 Å². The molecule has 3 aromatic heterocycles. The van der Waals surface area contributed by atoms with Crippen LogP contribution in [0.3, 0.4) is 0 Å². The van der Waals surface area contributed by atoms with Gasteiger partial charge in [-0.3, -0.25) is 4.79 Å². The number of nitrogens with zero attached hydrogens (tertiary/aromatic N) is 7. The van der Waals surface area contributed by atoms with Gasteiger partial charge in [0.25, 0.3) is 5.56 Å². The SMILES string of the molecule is Cc1cc(=O)n2nc(Cn3nnc(-c4ccc(C(C)C)cc4)n3)sc2n1. The molecular weight excluding hydrogens is 350 g/mol. The van der Waals surface area contributed by atoms with E-state index in [1.165, 1.54) is 32.3 Å². The van der Waals surface area contributed by atoms with Crippen molar-refractivity contribution in [1.29, 1.82) is 0 Å². The van der Waals surface area contributed by atoms with Gasteiger partial charge in [-0.1, -0.05) is 49.4 Å². The van der Waals surface area contributed by atoms with Gasteiger partial charge in [-0.15, -0.1) is 10.2 Å². The van der Waals surface area contributed by atoms with Crippen molar-refractivity contribution in [2.75, 3.05) is 0 Å². The standard InChI is InChI=1S/C17H17N7OS/c1-10(2)12-4-6-13(7-5-12)16-19-22-23(21-16)9-14-20-24-15(25)8-11(3)18-17(24)26-14/h4-8,10H,9H2,1-3H3. The summed E-state index contributed by atoms with van der Waals surface area (Å²) >= 11 is 1.34. The fraction of sp³-hybridized carbons (Fsp3) is 0.294. The Balaban J connectivity index is 1.58. The summed E-state index contributed by atoms with van der Waals surface area (Å²) in [5, 5.41) is 17.6. The quantitative estimate of drug-likeness (QED) is 0.550. The maximum absolute atomic E-state index is 11.9. The molecule has 0 fully saturated rings. The summed E-state index contributed by atoms with van der Waals surface area (Å²) in [7, 11) is 0. The van der Waals surface area contributed by atoms with Crippen molar-refractivity contribution in [3.8, 4) is 11.4 Å². The summed E-state index contributed by atoms with van der Waals surface area (Å²) in [6.45, 7) is 6.44. The lowest BCUT2D eigenvalue weighted by atomic mass is 10.0. The van der Waals surface area contributed by atoms with E-state index in [0.717, 1.165) is 5.56 Å². The first-order valence-corrected chi connectivity index (χ1v) is 9.06. The highest BCUT2D eigenvalue weighted by Gasteiger charge is 2.11. The van der Waals surface area contributed by atoms with Crippen LogP contribution in [-0.4, -0.2) is 34.8 Å². The largest absolute Gasteiger partial charge is 0.275 e. The van der Waals surface area contributed by atoms with Crippen molar-refractivity contribution in [3.05, 3.63) is 57.0 Å². The number of hydrogen-bond acceptors (Lipinski definition) is 7. The van der Waals surface area contributed by atoms with Gasteiger partial charge in [0.2, 0.25) is 10.8 Å². The molecule has 1 aromatic carbocycles. The van der Waals surface area contributed by atoms with Crippen LogP contribution in [0.1, 0.15) is 36.0 Å². The van der Waals surface area contributed by atoms with Gasteiger partial charge < -0.3 is 0 Å². The molecule has 26 heavy (non-hydrogen) atoms. The summed E-state index contributed by atoms with van der Waals surface area (Å²) < 4.78 is 1.30. The maximum Gasteiger partial charge on any atom is 0.275 e. The lowest BCUT2D eigenvalue weighted by Crippen LogP contribution is -2.14. The van der Waals surface area contributed by atoms with Gasteiger partial charge in [-0.05, 0) is 23.6 Å². The summed E-state index contributed by atoms with van der Waals surface area (Å²) in [5.74, 6) is 1.04. The van der Waals surface area contributed by atoms with Gasteiger partial charge in [0.15, 0.2) is 0 Å². The summed E-state index contributed by atoms with van der Waals surface area (Å²) in [6.07, 6.45) is 0. The molecule has 0 aliphatic carbocycles. The van der Waals surface area contributed by atoms with Gasteiger partial charge in [-0.25, -0.2) is 4.98 Å². The highest BCUT2D eigenvalue weighted by atomic mass is 32.1. The third-order valence-corrected chi connectivity index (χ3v) is 4.87. The van der Waals surface area contributed by atoms with Crippen LogP contribution in [-0.2, 0) is 6.54 Å². The van der Waals surface area contributed by atoms with E-state index in [1.54, 1.807) is 6.92 Å². The minimum atomic E-state index is -0.188. The highest BCUT2D eigenvalue weighted by molar-refractivity contribution is 7.16. The molecule has 0 aliphatic heterocycles. The van der Waals surface area contributed by atoms with Gasteiger partial charge in [0.1, 0.15) is 11.6 Å². The normalized spacial score (nSPS) is 11.5. The first-order chi connectivity index (χ1) is 12.5. The molecule has 3 heterocycles. The molecule has 0 N–H and O–H groups in total. The summed E-state index contributed by atoms with van der Waals surface area (Å²) in [5.41, 5.74) is 2.67. The second-order valence-corrected chi connectivity index (χ2v) is 7.39. The van der Waals surface area contributed by atoms with Gasteiger partial charge >= 0.3 is 0 Å². The van der Waals surface area contributed by atoms with Crippen molar-refractivity contribution in [1.82, 2.24) is 34.8 Å². The Hall–Kier alpha value is -2.94. The van der Waals surface area contributed by atoms with Gasteiger partial charge in [0.05, 0.1) is 0 Å². The van der Waals surface area contributed by atoms with Crippen molar-refractivity contribution in [2.24, 2.45) is 0 Å². The molecule has 0 unspecified atom stereocenters. The lowest BCUT2D eigenvalue weighted by molar-refractivity contribution is 0.566. The number of aryl methyl sites for hydroxylation is 1. The van der Waals surface area contributed by atoms with E-state index in [-0.39, 0.29) is 5.56 Å². The Morgan fingerprint density at radius 2 is 1.92 bits per heavy atom. The van der Waals surface area contributed by atoms with E-state index in [0.29, 0.717) is 33.9 Å². The summed E-state index contributed by atoms with van der Waals surface area (Å²) in [6, 6.07) is 9.62. The van der Waals surface area contributed by atoms with Gasteiger partial charge in [0, 0.05) is 17.3 Å². The third-order valence-electron chi connectivity index (χ3n) is 3.98. The van der Waals surface area contributed by atoms with E-state index in [1.807, 2.05) is 12.1 Å². The van der Waals surface area contributed by atoms with E-state index in [9.17, 15) is 4.79 Å². The minimum absolute atomic E-state index is 0.188. The fourth-order valence-electron chi connectivity index (χ4n) is 2.59.